The Balaban J connectivity index is 1.79. The SMILES string of the molecule is CC(C)(C)S(=O)(=O)c1cccc(C(=O)n2c3c(c4cccc(-c5ccccc5)c42)CC(C(=O)O)(C(=O)O)CC3)c1. The van der Waals surface area contributed by atoms with Crippen LogP contribution in [0.2, 0.25) is 0 Å². The summed E-state index contributed by atoms with van der Waals surface area (Å²) in [4.78, 5) is 38.7. The smallest absolute Gasteiger partial charge is 0.321 e. The normalized spacial score (nSPS) is 15.0. The molecule has 0 aliphatic heterocycles. The van der Waals surface area contributed by atoms with Crippen LogP contribution in [-0.4, -0.2) is 45.8 Å². The fourth-order valence-electron chi connectivity index (χ4n) is 5.45. The summed E-state index contributed by atoms with van der Waals surface area (Å²) in [7, 11) is -3.74. The number of carbonyl (C=O) groups excluding carboxylic acids is 1. The molecule has 0 bridgehead atoms. The lowest BCUT2D eigenvalue weighted by Gasteiger charge is -2.29. The number of sulfone groups is 1. The number of rotatable bonds is 5. The monoisotopic (exact) mass is 559 g/mol. The maximum atomic E-state index is 14.3. The van der Waals surface area contributed by atoms with Crippen molar-refractivity contribution in [2.24, 2.45) is 5.41 Å². The number of benzene rings is 3. The predicted molar refractivity (Wildman–Crippen MR) is 150 cm³/mol. The summed E-state index contributed by atoms with van der Waals surface area (Å²) >= 11 is 0. The van der Waals surface area contributed by atoms with Crippen molar-refractivity contribution in [2.75, 3.05) is 0 Å². The number of carboxylic acid groups (broad SMARTS) is 2. The molecule has 40 heavy (non-hydrogen) atoms. The highest BCUT2D eigenvalue weighted by Gasteiger charge is 2.50. The van der Waals surface area contributed by atoms with Gasteiger partial charge in [-0.3, -0.25) is 19.0 Å². The second kappa shape index (κ2) is 9.45. The van der Waals surface area contributed by atoms with Crippen molar-refractivity contribution in [3.05, 3.63) is 89.6 Å². The fourth-order valence-corrected chi connectivity index (χ4v) is 6.69. The van der Waals surface area contributed by atoms with Crippen molar-refractivity contribution in [1.82, 2.24) is 4.57 Å². The zero-order valence-corrected chi connectivity index (χ0v) is 23.2. The molecular weight excluding hydrogens is 530 g/mol. The van der Waals surface area contributed by atoms with E-state index in [1.165, 1.54) is 22.8 Å². The van der Waals surface area contributed by atoms with Crippen LogP contribution >= 0.6 is 0 Å². The number of para-hydroxylation sites is 1. The van der Waals surface area contributed by atoms with Gasteiger partial charge in [0.05, 0.1) is 15.2 Å². The van der Waals surface area contributed by atoms with E-state index >= 15 is 0 Å². The van der Waals surface area contributed by atoms with E-state index in [1.807, 2.05) is 36.4 Å². The molecule has 1 aromatic heterocycles. The molecule has 0 unspecified atom stereocenters. The second-order valence-corrected chi connectivity index (χ2v) is 13.8. The molecule has 1 aliphatic rings. The van der Waals surface area contributed by atoms with Crippen LogP contribution in [0.4, 0.5) is 0 Å². The molecule has 0 atom stereocenters. The minimum atomic E-state index is -3.74. The highest BCUT2D eigenvalue weighted by Crippen LogP contribution is 2.44. The van der Waals surface area contributed by atoms with Gasteiger partial charge in [-0.25, -0.2) is 8.42 Å². The van der Waals surface area contributed by atoms with Crippen LogP contribution in [0.1, 0.15) is 48.8 Å². The molecule has 0 fully saturated rings. The van der Waals surface area contributed by atoms with Gasteiger partial charge in [-0.05, 0) is 62.9 Å². The van der Waals surface area contributed by atoms with Crippen molar-refractivity contribution < 1.29 is 33.0 Å². The Bertz CT molecular complexity index is 1780. The van der Waals surface area contributed by atoms with Crippen LogP contribution in [0, 0.1) is 5.41 Å². The Morgan fingerprint density at radius 2 is 1.52 bits per heavy atom. The van der Waals surface area contributed by atoms with Gasteiger partial charge in [0.25, 0.3) is 5.91 Å². The number of nitrogens with zero attached hydrogens (tertiary/aromatic N) is 1. The van der Waals surface area contributed by atoms with E-state index in [1.54, 1.807) is 39.0 Å². The fraction of sp³-hybridized carbons (Fsp3) is 0.258. The summed E-state index contributed by atoms with van der Waals surface area (Å²) in [6, 6.07) is 20.7. The number of carbonyl (C=O) groups is 3. The molecule has 206 valence electrons. The molecule has 0 amide bonds. The summed E-state index contributed by atoms with van der Waals surface area (Å²) in [6.45, 7) is 4.78. The molecule has 9 heteroatoms. The Kier molecular flexibility index (Phi) is 6.45. The van der Waals surface area contributed by atoms with Gasteiger partial charge in [0.1, 0.15) is 0 Å². The third-order valence-electron chi connectivity index (χ3n) is 7.77. The number of fused-ring (bicyclic) bond motifs is 3. The molecule has 8 nitrogen and oxygen atoms in total. The Labute approximate surface area is 231 Å². The number of carboxylic acids is 2. The summed E-state index contributed by atoms with van der Waals surface area (Å²) in [5, 5.41) is 20.5. The van der Waals surface area contributed by atoms with E-state index in [0.717, 1.165) is 11.1 Å². The number of aliphatic carboxylic acids is 2. The number of hydrogen-bond acceptors (Lipinski definition) is 5. The predicted octanol–water partition coefficient (Wildman–Crippen LogP) is 5.21. The molecule has 0 saturated heterocycles. The largest absolute Gasteiger partial charge is 0.480 e. The first kappa shape index (κ1) is 27.3. The van der Waals surface area contributed by atoms with E-state index < -0.39 is 37.8 Å². The van der Waals surface area contributed by atoms with Crippen molar-refractivity contribution in [2.45, 2.75) is 49.7 Å². The van der Waals surface area contributed by atoms with Gasteiger partial charge in [-0.1, -0.05) is 54.6 Å². The van der Waals surface area contributed by atoms with E-state index in [9.17, 15) is 33.0 Å². The minimum absolute atomic E-state index is 0.0234. The van der Waals surface area contributed by atoms with Gasteiger partial charge in [-0.2, -0.15) is 0 Å². The second-order valence-electron chi connectivity index (χ2n) is 11.1. The van der Waals surface area contributed by atoms with Crippen LogP contribution in [0.5, 0.6) is 0 Å². The summed E-state index contributed by atoms with van der Waals surface area (Å²) in [5.74, 6) is -3.31. The zero-order chi connectivity index (χ0) is 29.0. The molecule has 1 aliphatic carbocycles. The van der Waals surface area contributed by atoms with Crippen molar-refractivity contribution >= 4 is 38.6 Å². The Morgan fingerprint density at radius 1 is 0.875 bits per heavy atom. The quantitative estimate of drug-likeness (QED) is 0.321. The third kappa shape index (κ3) is 4.12. The number of hydrogen-bond donors (Lipinski definition) is 2. The highest BCUT2D eigenvalue weighted by molar-refractivity contribution is 7.92. The van der Waals surface area contributed by atoms with Crippen molar-refractivity contribution in [3.63, 3.8) is 0 Å². The summed E-state index contributed by atoms with van der Waals surface area (Å²) in [5.41, 5.74) is 1.24. The molecule has 4 aromatic rings. The molecule has 0 spiro atoms. The first-order valence-corrected chi connectivity index (χ1v) is 14.3. The van der Waals surface area contributed by atoms with Crippen molar-refractivity contribution in [1.29, 1.82) is 0 Å². The third-order valence-corrected chi connectivity index (χ3v) is 10.3. The molecule has 2 N–H and O–H groups in total. The average molecular weight is 560 g/mol. The topological polar surface area (TPSA) is 131 Å². The minimum Gasteiger partial charge on any atom is -0.480 e. The van der Waals surface area contributed by atoms with Gasteiger partial charge >= 0.3 is 11.9 Å². The molecular formula is C31H29NO7S. The van der Waals surface area contributed by atoms with Gasteiger partial charge < -0.3 is 10.2 Å². The Hall–Kier alpha value is -4.24. The summed E-state index contributed by atoms with van der Waals surface area (Å²) < 4.78 is 26.8. The van der Waals surface area contributed by atoms with Crippen LogP contribution < -0.4 is 0 Å². The summed E-state index contributed by atoms with van der Waals surface area (Å²) in [6.07, 6.45) is -0.420. The van der Waals surface area contributed by atoms with Gasteiger partial charge in [0, 0.05) is 28.6 Å². The maximum absolute atomic E-state index is 14.3. The van der Waals surface area contributed by atoms with Crippen molar-refractivity contribution in [3.8, 4) is 11.1 Å². The average Bonchev–Trinajstić information content (AvgIpc) is 3.26. The zero-order valence-electron chi connectivity index (χ0n) is 22.3. The lowest BCUT2D eigenvalue weighted by atomic mass is 9.72. The molecule has 0 saturated carbocycles. The van der Waals surface area contributed by atoms with Crippen LogP contribution in [0.25, 0.3) is 22.0 Å². The first-order valence-electron chi connectivity index (χ1n) is 12.9. The van der Waals surface area contributed by atoms with E-state index in [2.05, 4.69) is 0 Å². The van der Waals surface area contributed by atoms with E-state index in [4.69, 9.17) is 0 Å². The molecule has 0 radical (unpaired) electrons. The first-order chi connectivity index (χ1) is 18.8. The van der Waals surface area contributed by atoms with Gasteiger partial charge in [0.15, 0.2) is 15.3 Å². The van der Waals surface area contributed by atoms with E-state index in [0.29, 0.717) is 22.2 Å². The van der Waals surface area contributed by atoms with E-state index in [-0.39, 0.29) is 29.7 Å². The standard InChI is InChI=1S/C31H29NO7S/c1-30(2,3)40(38,39)21-12-7-11-20(17-21)27(33)32-25-15-16-31(28(34)35,29(36)37)18-24(25)23-14-8-13-22(26(23)32)19-9-5-4-6-10-19/h4-14,17H,15-16,18H2,1-3H3,(H,34,35)(H,36,37). The lowest BCUT2D eigenvalue weighted by molar-refractivity contribution is -0.165. The van der Waals surface area contributed by atoms with Crippen LogP contribution in [0.15, 0.2) is 77.7 Å². The lowest BCUT2D eigenvalue weighted by Crippen LogP contribution is -2.44. The van der Waals surface area contributed by atoms with Crippen LogP contribution in [-0.2, 0) is 32.3 Å². The Morgan fingerprint density at radius 3 is 2.15 bits per heavy atom. The van der Waals surface area contributed by atoms with Gasteiger partial charge in [-0.15, -0.1) is 0 Å². The van der Waals surface area contributed by atoms with Gasteiger partial charge in [0.2, 0.25) is 0 Å². The maximum Gasteiger partial charge on any atom is 0.321 e. The highest BCUT2D eigenvalue weighted by atomic mass is 32.2. The molecule has 3 aromatic carbocycles. The number of aromatic nitrogens is 1. The van der Waals surface area contributed by atoms with Crippen LogP contribution in [0.3, 0.4) is 0 Å². The molecule has 5 rings (SSSR count). The molecule has 1 heterocycles.